The van der Waals surface area contributed by atoms with Crippen molar-refractivity contribution in [3.05, 3.63) is 17.8 Å². The number of anilines is 2. The van der Waals surface area contributed by atoms with Crippen LogP contribution in [0.4, 0.5) is 11.5 Å². The number of hydrogen-bond donors (Lipinski definition) is 2. The summed E-state index contributed by atoms with van der Waals surface area (Å²) in [5.74, 6) is 2.61. The molecule has 0 spiro atoms. The summed E-state index contributed by atoms with van der Waals surface area (Å²) in [4.78, 5) is 16.2. The maximum Gasteiger partial charge on any atom is 0.228 e. The molecule has 0 radical (unpaired) electrons. The Bertz CT molecular complexity index is 462. The molecule has 90 valence electrons. The van der Waals surface area contributed by atoms with Crippen molar-refractivity contribution in [2.45, 2.75) is 26.2 Å². The number of aryl methyl sites for hydroxylation is 1. The third kappa shape index (κ3) is 1.99. The van der Waals surface area contributed by atoms with Crippen molar-refractivity contribution in [3.63, 3.8) is 0 Å². The fourth-order valence-corrected chi connectivity index (χ4v) is 2.88. The molecule has 2 aliphatic carbocycles. The van der Waals surface area contributed by atoms with Crippen LogP contribution in [0.25, 0.3) is 0 Å². The van der Waals surface area contributed by atoms with Crippen LogP contribution in [0.5, 0.6) is 0 Å². The molecule has 4 nitrogen and oxygen atoms in total. The van der Waals surface area contributed by atoms with E-state index in [1.807, 2.05) is 13.0 Å². The van der Waals surface area contributed by atoms with Gasteiger partial charge in [0.2, 0.25) is 5.91 Å². The van der Waals surface area contributed by atoms with Crippen molar-refractivity contribution in [3.8, 4) is 0 Å². The van der Waals surface area contributed by atoms with Crippen LogP contribution in [-0.4, -0.2) is 10.9 Å². The molecule has 1 amide bonds. The maximum absolute atomic E-state index is 12.0. The lowest BCUT2D eigenvalue weighted by atomic mass is 10.0. The van der Waals surface area contributed by atoms with Gasteiger partial charge < -0.3 is 11.1 Å². The summed E-state index contributed by atoms with van der Waals surface area (Å²) in [5.41, 5.74) is 7.17. The van der Waals surface area contributed by atoms with Gasteiger partial charge in [0.25, 0.3) is 0 Å². The summed E-state index contributed by atoms with van der Waals surface area (Å²) in [7, 11) is 0. The molecule has 0 aromatic carbocycles. The highest BCUT2D eigenvalue weighted by atomic mass is 16.1. The molecule has 1 aromatic heterocycles. The Morgan fingerprint density at radius 2 is 2.12 bits per heavy atom. The van der Waals surface area contributed by atoms with E-state index in [0.29, 0.717) is 11.5 Å². The van der Waals surface area contributed by atoms with Gasteiger partial charge in [0.05, 0.1) is 11.9 Å². The van der Waals surface area contributed by atoms with Gasteiger partial charge in [0, 0.05) is 5.92 Å². The van der Waals surface area contributed by atoms with Gasteiger partial charge in [0.15, 0.2) is 0 Å². The topological polar surface area (TPSA) is 68.0 Å². The Balaban J connectivity index is 1.67. The molecule has 2 fully saturated rings. The number of hydrogen-bond acceptors (Lipinski definition) is 3. The fraction of sp³-hybridized carbons (Fsp3) is 0.538. The second kappa shape index (κ2) is 3.72. The number of nitrogens with one attached hydrogen (secondary N) is 1. The SMILES string of the molecule is Cc1cc(N)cnc1NC(=O)C1CC2CC2C1. The summed E-state index contributed by atoms with van der Waals surface area (Å²) in [6, 6.07) is 1.83. The van der Waals surface area contributed by atoms with Crippen molar-refractivity contribution in [2.75, 3.05) is 11.1 Å². The van der Waals surface area contributed by atoms with Crippen LogP contribution in [0.2, 0.25) is 0 Å². The zero-order valence-electron chi connectivity index (χ0n) is 9.94. The maximum atomic E-state index is 12.0. The predicted octanol–water partition coefficient (Wildman–Crippen LogP) is 1.96. The van der Waals surface area contributed by atoms with Crippen LogP contribution in [-0.2, 0) is 4.79 Å². The molecule has 3 N–H and O–H groups in total. The molecule has 0 saturated heterocycles. The minimum atomic E-state index is 0.123. The first-order valence-corrected chi connectivity index (χ1v) is 6.16. The molecular weight excluding hydrogens is 214 g/mol. The van der Waals surface area contributed by atoms with E-state index in [-0.39, 0.29) is 11.8 Å². The molecule has 2 unspecified atom stereocenters. The number of carbonyl (C=O) groups excluding carboxylic acids is 1. The Hall–Kier alpha value is -1.58. The van der Waals surface area contributed by atoms with Crippen molar-refractivity contribution < 1.29 is 4.79 Å². The van der Waals surface area contributed by atoms with Crippen molar-refractivity contribution in [1.29, 1.82) is 0 Å². The second-order valence-corrected chi connectivity index (χ2v) is 5.35. The largest absolute Gasteiger partial charge is 0.397 e. The number of fused-ring (bicyclic) bond motifs is 1. The van der Waals surface area contributed by atoms with Crippen molar-refractivity contribution in [2.24, 2.45) is 17.8 Å². The van der Waals surface area contributed by atoms with E-state index in [1.54, 1.807) is 6.20 Å². The van der Waals surface area contributed by atoms with Crippen LogP contribution < -0.4 is 11.1 Å². The average Bonchev–Trinajstić information content (AvgIpc) is 2.89. The molecule has 3 rings (SSSR count). The Kier molecular flexibility index (Phi) is 2.31. The minimum Gasteiger partial charge on any atom is -0.397 e. The molecule has 17 heavy (non-hydrogen) atoms. The number of nitrogens with zero attached hydrogens (tertiary/aromatic N) is 1. The number of nitrogens with two attached hydrogens (primary N) is 1. The summed E-state index contributed by atoms with van der Waals surface area (Å²) >= 11 is 0. The lowest BCUT2D eigenvalue weighted by molar-refractivity contribution is -0.120. The summed E-state index contributed by atoms with van der Waals surface area (Å²) in [5, 5.41) is 2.91. The third-order valence-corrected chi connectivity index (χ3v) is 3.96. The summed E-state index contributed by atoms with van der Waals surface area (Å²) < 4.78 is 0. The highest BCUT2D eigenvalue weighted by Gasteiger charge is 2.48. The fourth-order valence-electron chi connectivity index (χ4n) is 2.88. The Morgan fingerprint density at radius 1 is 1.41 bits per heavy atom. The molecule has 2 atom stereocenters. The lowest BCUT2D eigenvalue weighted by Gasteiger charge is -2.13. The predicted molar refractivity (Wildman–Crippen MR) is 66.3 cm³/mol. The van der Waals surface area contributed by atoms with E-state index in [1.165, 1.54) is 6.42 Å². The smallest absolute Gasteiger partial charge is 0.228 e. The van der Waals surface area contributed by atoms with Gasteiger partial charge in [-0.3, -0.25) is 4.79 Å². The van der Waals surface area contributed by atoms with Gasteiger partial charge in [-0.15, -0.1) is 0 Å². The quantitative estimate of drug-likeness (QED) is 0.817. The van der Waals surface area contributed by atoms with E-state index in [9.17, 15) is 4.79 Å². The highest BCUT2D eigenvalue weighted by Crippen LogP contribution is 2.54. The average molecular weight is 231 g/mol. The zero-order chi connectivity index (χ0) is 12.0. The van der Waals surface area contributed by atoms with E-state index in [4.69, 9.17) is 5.73 Å². The first kappa shape index (κ1) is 10.6. The number of amides is 1. The van der Waals surface area contributed by atoms with Gasteiger partial charge in [-0.2, -0.15) is 0 Å². The zero-order valence-corrected chi connectivity index (χ0v) is 9.94. The molecule has 2 aliphatic rings. The van der Waals surface area contributed by atoms with E-state index >= 15 is 0 Å². The highest BCUT2D eigenvalue weighted by molar-refractivity contribution is 5.92. The summed E-state index contributed by atoms with van der Waals surface area (Å²) in [6.07, 6.45) is 5.03. The van der Waals surface area contributed by atoms with Crippen LogP contribution in [0.15, 0.2) is 12.3 Å². The van der Waals surface area contributed by atoms with Gasteiger partial charge in [-0.1, -0.05) is 0 Å². The van der Waals surface area contributed by atoms with Crippen LogP contribution in [0.1, 0.15) is 24.8 Å². The standard InChI is InChI=1S/C13H17N3O/c1-7-2-11(14)6-15-12(7)16-13(17)10-4-8-3-9(8)5-10/h2,6,8-10H,3-5,14H2,1H3,(H,15,16,17). The number of nitrogen functional groups attached to an aromatic ring is 1. The number of aromatic nitrogens is 1. The Morgan fingerprint density at radius 3 is 2.76 bits per heavy atom. The molecule has 1 heterocycles. The Labute approximate surface area is 101 Å². The van der Waals surface area contributed by atoms with Crippen LogP contribution in [0, 0.1) is 24.7 Å². The number of rotatable bonds is 2. The van der Waals surface area contributed by atoms with E-state index in [0.717, 1.165) is 30.2 Å². The number of carbonyl (C=O) groups is 1. The minimum absolute atomic E-state index is 0.123. The van der Waals surface area contributed by atoms with Gasteiger partial charge in [-0.05, 0) is 49.7 Å². The normalized spacial score (nSPS) is 29.8. The molecule has 4 heteroatoms. The van der Waals surface area contributed by atoms with Gasteiger partial charge in [0.1, 0.15) is 5.82 Å². The molecule has 1 aromatic rings. The third-order valence-electron chi connectivity index (χ3n) is 3.96. The lowest BCUT2D eigenvalue weighted by Crippen LogP contribution is -2.22. The summed E-state index contributed by atoms with van der Waals surface area (Å²) in [6.45, 7) is 1.91. The van der Waals surface area contributed by atoms with Crippen molar-refractivity contribution in [1.82, 2.24) is 4.98 Å². The second-order valence-electron chi connectivity index (χ2n) is 5.35. The first-order valence-electron chi connectivity index (χ1n) is 6.16. The molecular formula is C13H17N3O. The monoisotopic (exact) mass is 231 g/mol. The first-order chi connectivity index (χ1) is 8.13. The molecule has 0 aliphatic heterocycles. The van der Waals surface area contributed by atoms with Crippen LogP contribution >= 0.6 is 0 Å². The van der Waals surface area contributed by atoms with E-state index in [2.05, 4.69) is 10.3 Å². The van der Waals surface area contributed by atoms with Crippen LogP contribution in [0.3, 0.4) is 0 Å². The molecule has 0 bridgehead atoms. The number of pyridine rings is 1. The van der Waals surface area contributed by atoms with E-state index < -0.39 is 0 Å². The van der Waals surface area contributed by atoms with Gasteiger partial charge in [-0.25, -0.2) is 4.98 Å². The molecule has 2 saturated carbocycles. The van der Waals surface area contributed by atoms with Gasteiger partial charge >= 0.3 is 0 Å². The van der Waals surface area contributed by atoms with Crippen molar-refractivity contribution >= 4 is 17.4 Å².